The number of hydrogen-bond acceptors (Lipinski definition) is 8. The zero-order valence-electron chi connectivity index (χ0n) is 21.3. The molecule has 0 spiro atoms. The van der Waals surface area contributed by atoms with Crippen LogP contribution in [0.1, 0.15) is 22.6 Å². The van der Waals surface area contributed by atoms with Crippen molar-refractivity contribution >= 4 is 11.7 Å². The van der Waals surface area contributed by atoms with E-state index in [-0.39, 0.29) is 0 Å². The smallest absolute Gasteiger partial charge is 0.298 e. The summed E-state index contributed by atoms with van der Waals surface area (Å²) < 4.78 is 22.8. The fraction of sp³-hybridized carbons (Fsp3) is 0.464. The summed E-state index contributed by atoms with van der Waals surface area (Å²) in [5.41, 5.74) is 4.53. The molecule has 0 bridgehead atoms. The summed E-state index contributed by atoms with van der Waals surface area (Å²) in [5.74, 6) is 1.77. The van der Waals surface area contributed by atoms with Gasteiger partial charge >= 0.3 is 0 Å². The van der Waals surface area contributed by atoms with Crippen molar-refractivity contribution in [2.75, 3.05) is 69.5 Å². The first-order valence-electron chi connectivity index (χ1n) is 12.7. The fourth-order valence-corrected chi connectivity index (χ4v) is 4.69. The molecule has 0 N–H and O–H groups in total. The Hall–Kier alpha value is -3.07. The maximum absolute atomic E-state index is 6.38. The summed E-state index contributed by atoms with van der Waals surface area (Å²) >= 11 is 0. The normalized spacial score (nSPS) is 16.8. The summed E-state index contributed by atoms with van der Waals surface area (Å²) in [4.78, 5) is 11.8. The molecule has 8 nitrogen and oxygen atoms in total. The van der Waals surface area contributed by atoms with Crippen LogP contribution in [-0.2, 0) is 29.1 Å². The van der Waals surface area contributed by atoms with Crippen molar-refractivity contribution in [1.82, 2.24) is 9.88 Å². The lowest BCUT2D eigenvalue weighted by molar-refractivity contribution is 0.0313. The minimum absolute atomic E-state index is 0.649. The van der Waals surface area contributed by atoms with Crippen LogP contribution in [0.5, 0.6) is 5.75 Å². The maximum Gasteiger partial charge on any atom is 0.298 e. The molecule has 2 fully saturated rings. The molecular weight excluding hydrogens is 456 g/mol. The first-order chi connectivity index (χ1) is 17.7. The molecule has 3 aromatic rings. The van der Waals surface area contributed by atoms with Crippen molar-refractivity contribution in [2.45, 2.75) is 26.6 Å². The Labute approximate surface area is 213 Å². The van der Waals surface area contributed by atoms with Crippen LogP contribution >= 0.6 is 0 Å². The third-order valence-corrected chi connectivity index (χ3v) is 6.82. The number of rotatable bonds is 9. The highest BCUT2D eigenvalue weighted by Crippen LogP contribution is 2.26. The number of aromatic nitrogens is 1. The summed E-state index contributed by atoms with van der Waals surface area (Å²) in [6, 6.07) is 17.6. The van der Waals surface area contributed by atoms with Crippen LogP contribution in [0.15, 0.2) is 52.9 Å². The molecule has 0 unspecified atom stereocenters. The number of anilines is 2. The first-order valence-corrected chi connectivity index (χ1v) is 12.7. The zero-order valence-corrected chi connectivity index (χ0v) is 21.3. The van der Waals surface area contributed by atoms with Crippen molar-refractivity contribution in [2.24, 2.45) is 0 Å². The molecule has 8 heteroatoms. The lowest BCUT2D eigenvalue weighted by atomic mass is 10.1. The van der Waals surface area contributed by atoms with Gasteiger partial charge in [-0.05, 0) is 42.3 Å². The number of nitrogens with zero attached hydrogens (tertiary/aromatic N) is 4. The standard InChI is InChI=1S/C28H36N4O4/c1-22-27(21-30-10-14-34-15-11-30)36-28(29-22)32(20-24-4-3-5-26(18-24)33-2)19-23-6-8-25(9-7-23)31-12-16-35-17-13-31/h3-9,18H,10-17,19-21H2,1-2H3. The molecule has 2 aliphatic heterocycles. The van der Waals surface area contributed by atoms with E-state index in [4.69, 9.17) is 23.6 Å². The second-order valence-corrected chi connectivity index (χ2v) is 9.37. The summed E-state index contributed by atoms with van der Waals surface area (Å²) in [5, 5.41) is 0. The average Bonchev–Trinajstić information content (AvgIpc) is 3.29. The van der Waals surface area contributed by atoms with Gasteiger partial charge in [-0.15, -0.1) is 0 Å². The van der Waals surface area contributed by atoms with Crippen LogP contribution in [0, 0.1) is 6.92 Å². The van der Waals surface area contributed by atoms with E-state index in [1.165, 1.54) is 11.3 Å². The number of methoxy groups -OCH3 is 1. The van der Waals surface area contributed by atoms with Gasteiger partial charge in [-0.3, -0.25) is 4.90 Å². The Bertz CT molecular complexity index is 1100. The van der Waals surface area contributed by atoms with Gasteiger partial charge in [0.15, 0.2) is 0 Å². The van der Waals surface area contributed by atoms with Crippen molar-refractivity contribution in [3.05, 3.63) is 71.1 Å². The van der Waals surface area contributed by atoms with E-state index in [0.717, 1.165) is 81.9 Å². The lowest BCUT2D eigenvalue weighted by Gasteiger charge is -2.29. The van der Waals surface area contributed by atoms with Gasteiger partial charge < -0.3 is 28.4 Å². The average molecular weight is 493 g/mol. The topological polar surface area (TPSA) is 63.4 Å². The van der Waals surface area contributed by atoms with Crippen LogP contribution in [0.2, 0.25) is 0 Å². The van der Waals surface area contributed by atoms with Gasteiger partial charge in [0.05, 0.1) is 45.8 Å². The van der Waals surface area contributed by atoms with Crippen LogP contribution in [0.3, 0.4) is 0 Å². The molecule has 2 aromatic carbocycles. The quantitative estimate of drug-likeness (QED) is 0.446. The van der Waals surface area contributed by atoms with Gasteiger partial charge in [0.2, 0.25) is 0 Å². The Kier molecular flexibility index (Phi) is 8.05. The van der Waals surface area contributed by atoms with Gasteiger partial charge in [0, 0.05) is 45.0 Å². The third-order valence-electron chi connectivity index (χ3n) is 6.82. The van der Waals surface area contributed by atoms with E-state index in [9.17, 15) is 0 Å². The summed E-state index contributed by atoms with van der Waals surface area (Å²) in [6.45, 7) is 10.9. The van der Waals surface area contributed by atoms with Crippen molar-refractivity contribution < 1.29 is 18.6 Å². The predicted molar refractivity (Wildman–Crippen MR) is 140 cm³/mol. The molecule has 2 saturated heterocycles. The van der Waals surface area contributed by atoms with Crippen LogP contribution in [0.4, 0.5) is 11.7 Å². The van der Waals surface area contributed by atoms with Crippen molar-refractivity contribution in [3.8, 4) is 5.75 Å². The molecule has 0 amide bonds. The maximum atomic E-state index is 6.38. The third kappa shape index (κ3) is 6.19. The molecule has 0 radical (unpaired) electrons. The number of hydrogen-bond donors (Lipinski definition) is 0. The lowest BCUT2D eigenvalue weighted by Crippen LogP contribution is -2.36. The van der Waals surface area contributed by atoms with E-state index in [1.54, 1.807) is 7.11 Å². The minimum Gasteiger partial charge on any atom is -0.497 e. The van der Waals surface area contributed by atoms with E-state index >= 15 is 0 Å². The molecule has 0 aliphatic carbocycles. The number of benzene rings is 2. The van der Waals surface area contributed by atoms with Crippen LogP contribution in [0.25, 0.3) is 0 Å². The summed E-state index contributed by atoms with van der Waals surface area (Å²) in [6.07, 6.45) is 0. The first kappa shape index (κ1) is 24.6. The highest BCUT2D eigenvalue weighted by Gasteiger charge is 2.21. The van der Waals surface area contributed by atoms with Crippen LogP contribution < -0.4 is 14.5 Å². The monoisotopic (exact) mass is 492 g/mol. The number of aryl methyl sites for hydroxylation is 1. The minimum atomic E-state index is 0.649. The Morgan fingerprint density at radius 2 is 1.58 bits per heavy atom. The van der Waals surface area contributed by atoms with Gasteiger partial charge in [-0.25, -0.2) is 0 Å². The van der Waals surface area contributed by atoms with E-state index in [1.807, 2.05) is 19.1 Å². The van der Waals surface area contributed by atoms with E-state index < -0.39 is 0 Å². The SMILES string of the molecule is COc1cccc(CN(Cc2ccc(N3CCOCC3)cc2)c2nc(C)c(CN3CCOCC3)o2)c1. The number of oxazole rings is 1. The molecular formula is C28H36N4O4. The second-order valence-electron chi connectivity index (χ2n) is 9.37. The fourth-order valence-electron chi connectivity index (χ4n) is 4.69. The van der Waals surface area contributed by atoms with Crippen LogP contribution in [-0.4, -0.2) is 69.6 Å². The van der Waals surface area contributed by atoms with Crippen molar-refractivity contribution in [1.29, 1.82) is 0 Å². The Balaban J connectivity index is 1.36. The Morgan fingerprint density at radius 1 is 0.889 bits per heavy atom. The zero-order chi connectivity index (χ0) is 24.7. The molecule has 5 rings (SSSR count). The number of morpholine rings is 2. The van der Waals surface area contributed by atoms with Gasteiger partial charge in [0.25, 0.3) is 6.01 Å². The molecule has 1 aromatic heterocycles. The molecule has 0 saturated carbocycles. The molecule has 3 heterocycles. The highest BCUT2D eigenvalue weighted by atomic mass is 16.5. The predicted octanol–water partition coefficient (Wildman–Crippen LogP) is 3.87. The summed E-state index contributed by atoms with van der Waals surface area (Å²) in [7, 11) is 1.70. The largest absolute Gasteiger partial charge is 0.497 e. The second kappa shape index (κ2) is 11.8. The Morgan fingerprint density at radius 3 is 2.31 bits per heavy atom. The van der Waals surface area contributed by atoms with E-state index in [2.05, 4.69) is 51.1 Å². The van der Waals surface area contributed by atoms with Crippen molar-refractivity contribution in [3.63, 3.8) is 0 Å². The molecule has 192 valence electrons. The van der Waals surface area contributed by atoms with Gasteiger partial charge in [0.1, 0.15) is 11.5 Å². The van der Waals surface area contributed by atoms with Gasteiger partial charge in [-0.1, -0.05) is 24.3 Å². The molecule has 36 heavy (non-hydrogen) atoms. The van der Waals surface area contributed by atoms with Gasteiger partial charge in [-0.2, -0.15) is 4.98 Å². The highest BCUT2D eigenvalue weighted by molar-refractivity contribution is 5.48. The molecule has 2 aliphatic rings. The van der Waals surface area contributed by atoms with E-state index in [0.29, 0.717) is 19.1 Å². The molecule has 0 atom stereocenters. The number of ether oxygens (including phenoxy) is 3.